The van der Waals surface area contributed by atoms with E-state index in [-0.39, 0.29) is 0 Å². The molecule has 3 heteroatoms. The number of halogens is 2. The zero-order chi connectivity index (χ0) is 12.3. The van der Waals surface area contributed by atoms with Crippen LogP contribution in [0.5, 0.6) is 0 Å². The minimum atomic E-state index is 0.533. The highest BCUT2D eigenvalue weighted by Crippen LogP contribution is 2.29. The van der Waals surface area contributed by atoms with E-state index in [2.05, 4.69) is 82.8 Å². The minimum absolute atomic E-state index is 0.533. The Balaban J connectivity index is 2.96. The molecule has 1 aromatic carbocycles. The second-order valence-corrected chi connectivity index (χ2v) is 5.93. The van der Waals surface area contributed by atoms with Gasteiger partial charge in [-0.05, 0) is 46.5 Å². The first-order valence-corrected chi connectivity index (χ1v) is 7.46. The summed E-state index contributed by atoms with van der Waals surface area (Å²) in [7, 11) is 2.15. The fourth-order valence-corrected chi connectivity index (χ4v) is 2.64. The van der Waals surface area contributed by atoms with Gasteiger partial charge in [0.2, 0.25) is 0 Å². The predicted molar refractivity (Wildman–Crippen MR) is 79.5 cm³/mol. The standard InChI is InChI=1S/C13H19Br2N/c1-9(2)10(3)16(4)13-6-5-11(8-14)7-12(13)15/h5-7,9-10H,8H2,1-4H3. The van der Waals surface area contributed by atoms with Crippen LogP contribution in [0.1, 0.15) is 26.3 Å². The maximum Gasteiger partial charge on any atom is 0.0510 e. The van der Waals surface area contributed by atoms with Gasteiger partial charge in [0.15, 0.2) is 0 Å². The van der Waals surface area contributed by atoms with Crippen LogP contribution in [-0.2, 0) is 5.33 Å². The Morgan fingerprint density at radius 3 is 2.31 bits per heavy atom. The summed E-state index contributed by atoms with van der Waals surface area (Å²) in [4.78, 5) is 2.33. The number of hydrogen-bond donors (Lipinski definition) is 0. The second kappa shape index (κ2) is 6.06. The van der Waals surface area contributed by atoms with E-state index in [1.54, 1.807) is 0 Å². The molecule has 0 aliphatic carbocycles. The molecule has 1 nitrogen and oxygen atoms in total. The Labute approximate surface area is 115 Å². The fraction of sp³-hybridized carbons (Fsp3) is 0.538. The number of nitrogens with zero attached hydrogens (tertiary/aromatic N) is 1. The van der Waals surface area contributed by atoms with Gasteiger partial charge in [-0.15, -0.1) is 0 Å². The molecule has 0 fully saturated rings. The molecule has 0 N–H and O–H groups in total. The molecule has 0 saturated carbocycles. The summed E-state index contributed by atoms with van der Waals surface area (Å²) in [6.07, 6.45) is 0. The van der Waals surface area contributed by atoms with Gasteiger partial charge in [-0.3, -0.25) is 0 Å². The van der Waals surface area contributed by atoms with Crippen LogP contribution in [0.25, 0.3) is 0 Å². The van der Waals surface area contributed by atoms with Crippen LogP contribution in [-0.4, -0.2) is 13.1 Å². The lowest BCUT2D eigenvalue weighted by atomic mass is 10.0. The van der Waals surface area contributed by atoms with Crippen molar-refractivity contribution in [3.8, 4) is 0 Å². The smallest absolute Gasteiger partial charge is 0.0510 e. The molecular weight excluding hydrogens is 330 g/mol. The number of benzene rings is 1. The van der Waals surface area contributed by atoms with Crippen LogP contribution in [0, 0.1) is 5.92 Å². The van der Waals surface area contributed by atoms with Crippen molar-refractivity contribution < 1.29 is 0 Å². The molecule has 1 aromatic rings. The lowest BCUT2D eigenvalue weighted by Crippen LogP contribution is -2.33. The maximum absolute atomic E-state index is 3.64. The molecule has 16 heavy (non-hydrogen) atoms. The number of rotatable bonds is 4. The van der Waals surface area contributed by atoms with Crippen LogP contribution in [0.4, 0.5) is 5.69 Å². The van der Waals surface area contributed by atoms with Gasteiger partial charge in [0.05, 0.1) is 5.69 Å². The molecule has 0 radical (unpaired) electrons. The molecule has 0 aromatic heterocycles. The Kier molecular flexibility index (Phi) is 5.32. The fourth-order valence-electron chi connectivity index (χ4n) is 1.59. The van der Waals surface area contributed by atoms with Crippen molar-refractivity contribution in [1.82, 2.24) is 0 Å². The van der Waals surface area contributed by atoms with E-state index >= 15 is 0 Å². The van der Waals surface area contributed by atoms with Crippen LogP contribution in [0.3, 0.4) is 0 Å². The molecular formula is C13H19Br2N. The Hall–Kier alpha value is -0.0200. The highest BCUT2D eigenvalue weighted by Gasteiger charge is 2.15. The average Bonchev–Trinajstić information content (AvgIpc) is 2.26. The first kappa shape index (κ1) is 14.0. The van der Waals surface area contributed by atoms with Gasteiger partial charge in [0.1, 0.15) is 0 Å². The molecule has 0 heterocycles. The van der Waals surface area contributed by atoms with Crippen molar-refractivity contribution in [3.05, 3.63) is 28.2 Å². The third kappa shape index (κ3) is 3.24. The molecule has 0 spiro atoms. The molecule has 1 atom stereocenters. The van der Waals surface area contributed by atoms with Gasteiger partial charge < -0.3 is 4.90 Å². The van der Waals surface area contributed by atoms with Crippen molar-refractivity contribution in [2.24, 2.45) is 5.92 Å². The minimum Gasteiger partial charge on any atom is -0.371 e. The van der Waals surface area contributed by atoms with Gasteiger partial charge in [-0.1, -0.05) is 35.8 Å². The molecule has 1 rings (SSSR count). The van der Waals surface area contributed by atoms with Gasteiger partial charge in [0.25, 0.3) is 0 Å². The van der Waals surface area contributed by atoms with Gasteiger partial charge >= 0.3 is 0 Å². The van der Waals surface area contributed by atoms with E-state index in [9.17, 15) is 0 Å². The summed E-state index contributed by atoms with van der Waals surface area (Å²) in [5.41, 5.74) is 2.55. The predicted octanol–water partition coefficient (Wildman–Crippen LogP) is 4.82. The number of alkyl halides is 1. The molecule has 0 saturated heterocycles. The van der Waals surface area contributed by atoms with Crippen molar-refractivity contribution >= 4 is 37.5 Å². The van der Waals surface area contributed by atoms with Crippen LogP contribution in [0.15, 0.2) is 22.7 Å². The quantitative estimate of drug-likeness (QED) is 0.705. The molecule has 0 bridgehead atoms. The summed E-state index contributed by atoms with van der Waals surface area (Å²) < 4.78 is 1.17. The topological polar surface area (TPSA) is 3.24 Å². The van der Waals surface area contributed by atoms with E-state index < -0.39 is 0 Å². The zero-order valence-corrected chi connectivity index (χ0v) is 13.5. The average molecular weight is 349 g/mol. The largest absolute Gasteiger partial charge is 0.371 e. The Bertz CT molecular complexity index is 350. The Morgan fingerprint density at radius 2 is 1.88 bits per heavy atom. The zero-order valence-electron chi connectivity index (χ0n) is 10.3. The first-order chi connectivity index (χ1) is 7.47. The summed E-state index contributed by atoms with van der Waals surface area (Å²) in [5, 5.41) is 0.898. The highest BCUT2D eigenvalue weighted by atomic mass is 79.9. The maximum atomic E-state index is 3.64. The lowest BCUT2D eigenvalue weighted by molar-refractivity contribution is 0.505. The van der Waals surface area contributed by atoms with Crippen molar-refractivity contribution in [2.45, 2.75) is 32.1 Å². The van der Waals surface area contributed by atoms with Gasteiger partial charge in [0, 0.05) is 22.9 Å². The molecule has 0 aliphatic rings. The van der Waals surface area contributed by atoms with Crippen molar-refractivity contribution in [3.63, 3.8) is 0 Å². The van der Waals surface area contributed by atoms with Crippen LogP contribution < -0.4 is 4.90 Å². The second-order valence-electron chi connectivity index (χ2n) is 4.51. The van der Waals surface area contributed by atoms with Crippen molar-refractivity contribution in [1.29, 1.82) is 0 Å². The van der Waals surface area contributed by atoms with Gasteiger partial charge in [-0.25, -0.2) is 0 Å². The molecule has 0 aliphatic heterocycles. The normalized spacial score (nSPS) is 12.9. The summed E-state index contributed by atoms with van der Waals surface area (Å²) in [6, 6.07) is 7.05. The van der Waals surface area contributed by atoms with E-state index in [4.69, 9.17) is 0 Å². The highest BCUT2D eigenvalue weighted by molar-refractivity contribution is 9.10. The molecule has 1 unspecified atom stereocenters. The first-order valence-electron chi connectivity index (χ1n) is 5.54. The molecule has 90 valence electrons. The summed E-state index contributed by atoms with van der Waals surface area (Å²) in [6.45, 7) is 6.76. The third-order valence-electron chi connectivity index (χ3n) is 3.12. The van der Waals surface area contributed by atoms with Crippen LogP contribution in [0.2, 0.25) is 0 Å². The number of anilines is 1. The summed E-state index contributed by atoms with van der Waals surface area (Å²) >= 11 is 7.11. The van der Waals surface area contributed by atoms with Gasteiger partial charge in [-0.2, -0.15) is 0 Å². The lowest BCUT2D eigenvalue weighted by Gasteiger charge is -2.31. The molecule has 0 amide bonds. The van der Waals surface area contributed by atoms with E-state index in [0.717, 1.165) is 5.33 Å². The third-order valence-corrected chi connectivity index (χ3v) is 4.40. The Morgan fingerprint density at radius 1 is 1.25 bits per heavy atom. The SMILES string of the molecule is CC(C)C(C)N(C)c1ccc(CBr)cc1Br. The summed E-state index contributed by atoms with van der Waals surface area (Å²) in [5.74, 6) is 0.646. The van der Waals surface area contributed by atoms with E-state index in [1.807, 2.05) is 0 Å². The number of hydrogen-bond acceptors (Lipinski definition) is 1. The van der Waals surface area contributed by atoms with E-state index in [1.165, 1.54) is 15.7 Å². The van der Waals surface area contributed by atoms with Crippen molar-refractivity contribution in [2.75, 3.05) is 11.9 Å². The monoisotopic (exact) mass is 347 g/mol. The van der Waals surface area contributed by atoms with Crippen LogP contribution >= 0.6 is 31.9 Å². The van der Waals surface area contributed by atoms with E-state index in [0.29, 0.717) is 12.0 Å².